The molecule has 0 saturated carbocycles. The largest absolute Gasteiger partial charge is 0.481 e. The summed E-state index contributed by atoms with van der Waals surface area (Å²) in [6.45, 7) is 8.89. The van der Waals surface area contributed by atoms with Crippen molar-refractivity contribution in [2.24, 2.45) is 11.1 Å². The summed E-state index contributed by atoms with van der Waals surface area (Å²) in [5.41, 5.74) is 7.86. The van der Waals surface area contributed by atoms with Crippen LogP contribution in [0.4, 0.5) is 0 Å². The molecule has 0 aliphatic rings. The summed E-state index contributed by atoms with van der Waals surface area (Å²) in [7, 11) is 0. The van der Waals surface area contributed by atoms with Crippen molar-refractivity contribution in [2.75, 3.05) is 0 Å². The number of aryl methyl sites for hydroxylation is 1. The van der Waals surface area contributed by atoms with Crippen LogP contribution >= 0.6 is 11.6 Å². The highest BCUT2D eigenvalue weighted by Gasteiger charge is 2.09. The molecule has 4 heteroatoms. The van der Waals surface area contributed by atoms with Crippen LogP contribution in [0.3, 0.4) is 0 Å². The minimum absolute atomic E-state index is 0.273. The Bertz CT molecular complexity index is 425. The lowest BCUT2D eigenvalue weighted by Crippen LogP contribution is -2.05. The zero-order valence-corrected chi connectivity index (χ0v) is 13.6. The van der Waals surface area contributed by atoms with E-state index in [9.17, 15) is 4.79 Å². The maximum Gasteiger partial charge on any atom is 0.303 e. The van der Waals surface area contributed by atoms with Crippen LogP contribution in [0.2, 0.25) is 5.02 Å². The van der Waals surface area contributed by atoms with Gasteiger partial charge in [0, 0.05) is 18.0 Å². The number of carbonyl (C=O) groups is 1. The van der Waals surface area contributed by atoms with Crippen molar-refractivity contribution in [3.05, 3.63) is 34.3 Å². The maximum absolute atomic E-state index is 10.1. The summed E-state index contributed by atoms with van der Waals surface area (Å²) >= 11 is 5.84. The molecular weight excluding hydrogens is 274 g/mol. The van der Waals surface area contributed by atoms with Gasteiger partial charge in [-0.15, -0.1) is 0 Å². The standard InChI is InChI=1S/C8H10ClN.C8H16O2/c1-6-2-3-7(5-10)4-8(6)9;1-8(2,3)6-4-5-7(9)10/h2-4H,5,10H2,1H3;4-6H2,1-3H3,(H,9,10). The zero-order valence-electron chi connectivity index (χ0n) is 12.9. The highest BCUT2D eigenvalue weighted by atomic mass is 35.5. The molecule has 3 nitrogen and oxygen atoms in total. The first kappa shape index (κ1) is 18.9. The molecule has 0 atom stereocenters. The topological polar surface area (TPSA) is 63.3 Å². The second kappa shape index (κ2) is 8.98. The number of carboxylic acids is 1. The summed E-state index contributed by atoms with van der Waals surface area (Å²) in [6.07, 6.45) is 2.08. The van der Waals surface area contributed by atoms with Crippen molar-refractivity contribution in [1.82, 2.24) is 0 Å². The predicted octanol–water partition coefficient (Wildman–Crippen LogP) is 4.39. The minimum atomic E-state index is -0.691. The molecule has 1 aromatic carbocycles. The van der Waals surface area contributed by atoms with Crippen LogP contribution in [0.25, 0.3) is 0 Å². The van der Waals surface area contributed by atoms with E-state index in [-0.39, 0.29) is 5.41 Å². The van der Waals surface area contributed by atoms with E-state index >= 15 is 0 Å². The number of hydrogen-bond donors (Lipinski definition) is 2. The van der Waals surface area contributed by atoms with Gasteiger partial charge in [-0.25, -0.2) is 0 Å². The van der Waals surface area contributed by atoms with E-state index < -0.39 is 5.97 Å². The first-order valence-electron chi connectivity index (χ1n) is 6.82. The second-order valence-electron chi connectivity index (χ2n) is 6.10. The smallest absolute Gasteiger partial charge is 0.303 e. The van der Waals surface area contributed by atoms with Crippen LogP contribution < -0.4 is 5.73 Å². The van der Waals surface area contributed by atoms with Crippen LogP contribution in [0.1, 0.15) is 51.2 Å². The quantitative estimate of drug-likeness (QED) is 0.866. The van der Waals surface area contributed by atoms with E-state index in [2.05, 4.69) is 20.8 Å². The zero-order chi connectivity index (χ0) is 15.8. The van der Waals surface area contributed by atoms with Crippen molar-refractivity contribution in [3.8, 4) is 0 Å². The molecule has 0 fully saturated rings. The fourth-order valence-corrected chi connectivity index (χ4v) is 1.74. The Morgan fingerprint density at radius 1 is 1.35 bits per heavy atom. The Labute approximate surface area is 127 Å². The Morgan fingerprint density at radius 3 is 2.35 bits per heavy atom. The van der Waals surface area contributed by atoms with Gasteiger partial charge in [0.05, 0.1) is 0 Å². The molecule has 20 heavy (non-hydrogen) atoms. The van der Waals surface area contributed by atoms with Crippen molar-refractivity contribution in [1.29, 1.82) is 0 Å². The van der Waals surface area contributed by atoms with Gasteiger partial charge < -0.3 is 10.8 Å². The highest BCUT2D eigenvalue weighted by Crippen LogP contribution is 2.21. The molecule has 0 bridgehead atoms. The minimum Gasteiger partial charge on any atom is -0.481 e. The van der Waals surface area contributed by atoms with Crippen LogP contribution in [-0.2, 0) is 11.3 Å². The molecule has 114 valence electrons. The first-order valence-corrected chi connectivity index (χ1v) is 7.20. The van der Waals surface area contributed by atoms with E-state index in [1.54, 1.807) is 0 Å². The van der Waals surface area contributed by atoms with Gasteiger partial charge in [0.1, 0.15) is 0 Å². The predicted molar refractivity (Wildman–Crippen MR) is 85.0 cm³/mol. The molecular formula is C16H26ClNO2. The Morgan fingerprint density at radius 2 is 1.95 bits per heavy atom. The Hall–Kier alpha value is -1.06. The molecule has 0 unspecified atom stereocenters. The number of carboxylic acid groups (broad SMARTS) is 1. The summed E-state index contributed by atoms with van der Waals surface area (Å²) in [5.74, 6) is -0.691. The van der Waals surface area contributed by atoms with Crippen molar-refractivity contribution in [3.63, 3.8) is 0 Å². The Kier molecular flexibility index (Phi) is 8.51. The maximum atomic E-state index is 10.1. The molecule has 0 aliphatic heterocycles. The molecule has 1 rings (SSSR count). The van der Waals surface area contributed by atoms with Crippen molar-refractivity contribution >= 4 is 17.6 Å². The average molecular weight is 300 g/mol. The fourth-order valence-electron chi connectivity index (χ4n) is 1.53. The van der Waals surface area contributed by atoms with Crippen LogP contribution in [0, 0.1) is 12.3 Å². The second-order valence-corrected chi connectivity index (χ2v) is 6.50. The number of rotatable bonds is 4. The van der Waals surface area contributed by atoms with E-state index in [4.69, 9.17) is 22.4 Å². The first-order chi connectivity index (χ1) is 9.15. The normalized spacial score (nSPS) is 10.7. The molecule has 1 aromatic rings. The SMILES string of the molecule is CC(C)(C)CCCC(=O)O.Cc1ccc(CN)cc1Cl. The van der Waals surface area contributed by atoms with Crippen LogP contribution in [-0.4, -0.2) is 11.1 Å². The van der Waals surface area contributed by atoms with Crippen molar-refractivity contribution in [2.45, 2.75) is 53.5 Å². The van der Waals surface area contributed by atoms with Gasteiger partial charge in [0.15, 0.2) is 0 Å². The number of nitrogens with two attached hydrogens (primary N) is 1. The third kappa shape index (κ3) is 9.82. The van der Waals surface area contributed by atoms with Crippen molar-refractivity contribution < 1.29 is 9.90 Å². The fraction of sp³-hybridized carbons (Fsp3) is 0.562. The van der Waals surface area contributed by atoms with Gasteiger partial charge in [-0.3, -0.25) is 4.79 Å². The Balaban J connectivity index is 0.000000361. The van der Waals surface area contributed by atoms with Gasteiger partial charge in [-0.1, -0.05) is 44.5 Å². The van der Waals surface area contributed by atoms with E-state index in [1.807, 2.05) is 25.1 Å². The molecule has 0 heterocycles. The molecule has 0 radical (unpaired) electrons. The van der Waals surface area contributed by atoms with E-state index in [1.165, 1.54) is 0 Å². The summed E-state index contributed by atoms with van der Waals surface area (Å²) in [4.78, 5) is 10.1. The lowest BCUT2D eigenvalue weighted by Gasteiger charge is -2.16. The molecule has 0 spiro atoms. The molecule has 0 aromatic heterocycles. The highest BCUT2D eigenvalue weighted by molar-refractivity contribution is 6.31. The number of hydrogen-bond acceptors (Lipinski definition) is 2. The van der Waals surface area contributed by atoms with Gasteiger partial charge in [-0.2, -0.15) is 0 Å². The van der Waals surface area contributed by atoms with E-state index in [0.717, 1.165) is 29.0 Å². The third-order valence-electron chi connectivity index (χ3n) is 2.79. The molecule has 3 N–H and O–H groups in total. The van der Waals surface area contributed by atoms with Gasteiger partial charge in [0.25, 0.3) is 0 Å². The summed E-state index contributed by atoms with van der Waals surface area (Å²) < 4.78 is 0. The van der Waals surface area contributed by atoms with Gasteiger partial charge in [0.2, 0.25) is 0 Å². The summed E-state index contributed by atoms with van der Waals surface area (Å²) in [5, 5.41) is 9.10. The van der Waals surface area contributed by atoms with E-state index in [0.29, 0.717) is 13.0 Å². The number of benzene rings is 1. The lowest BCUT2D eigenvalue weighted by atomic mass is 9.90. The third-order valence-corrected chi connectivity index (χ3v) is 3.20. The summed E-state index contributed by atoms with van der Waals surface area (Å²) in [6, 6.07) is 5.86. The molecule has 0 aliphatic carbocycles. The van der Waals surface area contributed by atoms with Gasteiger partial charge >= 0.3 is 5.97 Å². The average Bonchev–Trinajstić information content (AvgIpc) is 2.31. The lowest BCUT2D eigenvalue weighted by molar-refractivity contribution is -0.137. The van der Waals surface area contributed by atoms with Crippen LogP contribution in [0.5, 0.6) is 0 Å². The number of aliphatic carboxylic acids is 1. The monoisotopic (exact) mass is 299 g/mol. The number of halogens is 1. The molecule has 0 saturated heterocycles. The van der Waals surface area contributed by atoms with Gasteiger partial charge in [-0.05, 0) is 42.4 Å². The van der Waals surface area contributed by atoms with Crippen LogP contribution in [0.15, 0.2) is 18.2 Å². The molecule has 0 amide bonds.